The second-order valence-corrected chi connectivity index (χ2v) is 9.59. The zero-order valence-electron chi connectivity index (χ0n) is 22.4. The normalized spacial score (nSPS) is 10.8. The van der Waals surface area contributed by atoms with E-state index in [4.69, 9.17) is 9.47 Å². The third kappa shape index (κ3) is 8.45. The van der Waals surface area contributed by atoms with E-state index in [-0.39, 0.29) is 17.4 Å². The number of hydrogen-bond donors (Lipinski definition) is 3. The maximum absolute atomic E-state index is 13.2. The second-order valence-electron chi connectivity index (χ2n) is 8.55. The summed E-state index contributed by atoms with van der Waals surface area (Å²) in [5.41, 5.74) is 2.19. The van der Waals surface area contributed by atoms with Crippen LogP contribution < -0.4 is 25.4 Å². The van der Waals surface area contributed by atoms with Gasteiger partial charge in [0, 0.05) is 34.6 Å². The molecule has 9 nitrogen and oxygen atoms in total. The molecule has 208 valence electrons. The minimum absolute atomic E-state index is 0.0648. The van der Waals surface area contributed by atoms with Gasteiger partial charge in [0.2, 0.25) is 5.91 Å². The zero-order chi connectivity index (χ0) is 29.0. The van der Waals surface area contributed by atoms with Gasteiger partial charge in [0.15, 0.2) is 0 Å². The van der Waals surface area contributed by atoms with E-state index in [1.165, 1.54) is 18.9 Å². The van der Waals surface area contributed by atoms with Crippen molar-refractivity contribution in [3.05, 3.63) is 114 Å². The van der Waals surface area contributed by atoms with Crippen molar-refractivity contribution in [3.8, 4) is 11.5 Å². The van der Waals surface area contributed by atoms with Gasteiger partial charge >= 0.3 is 0 Å². The van der Waals surface area contributed by atoms with E-state index in [2.05, 4.69) is 20.9 Å². The number of anilines is 2. The third-order valence-corrected chi connectivity index (χ3v) is 6.70. The maximum Gasteiger partial charge on any atom is 0.272 e. The highest BCUT2D eigenvalue weighted by molar-refractivity contribution is 8.00. The summed E-state index contributed by atoms with van der Waals surface area (Å²) in [6.45, 7) is 0. The molecule has 0 bridgehead atoms. The average Bonchev–Trinajstić information content (AvgIpc) is 3.01. The first-order valence-corrected chi connectivity index (χ1v) is 13.5. The molecule has 41 heavy (non-hydrogen) atoms. The van der Waals surface area contributed by atoms with E-state index < -0.39 is 11.8 Å². The fraction of sp³-hybridized carbons (Fsp3) is 0.0968. The SMILES string of the molecule is COc1ccc(OC)c(NC(=O)CSc2ccc(NC(=O)/C(=C/c3cccnc3)NC(=O)c3ccccc3)cc2)c1. The molecule has 0 saturated carbocycles. The molecule has 3 amide bonds. The lowest BCUT2D eigenvalue weighted by Gasteiger charge is -2.12. The molecule has 0 aliphatic heterocycles. The van der Waals surface area contributed by atoms with Crippen LogP contribution in [-0.2, 0) is 9.59 Å². The van der Waals surface area contributed by atoms with Crippen LogP contribution in [0.15, 0.2) is 108 Å². The van der Waals surface area contributed by atoms with E-state index in [0.29, 0.717) is 34.0 Å². The Kier molecular flexibility index (Phi) is 10.1. The van der Waals surface area contributed by atoms with Gasteiger partial charge in [-0.25, -0.2) is 0 Å². The van der Waals surface area contributed by atoms with E-state index in [9.17, 15) is 14.4 Å². The van der Waals surface area contributed by atoms with Crippen LogP contribution in [0.3, 0.4) is 0 Å². The molecule has 3 N–H and O–H groups in total. The van der Waals surface area contributed by atoms with Crippen molar-refractivity contribution < 1.29 is 23.9 Å². The minimum Gasteiger partial charge on any atom is -0.497 e. The lowest BCUT2D eigenvalue weighted by Crippen LogP contribution is -2.30. The Labute approximate surface area is 242 Å². The van der Waals surface area contributed by atoms with E-state index >= 15 is 0 Å². The van der Waals surface area contributed by atoms with Crippen LogP contribution in [0.25, 0.3) is 6.08 Å². The molecular weight excluding hydrogens is 540 g/mol. The molecule has 1 heterocycles. The number of aromatic nitrogens is 1. The summed E-state index contributed by atoms with van der Waals surface area (Å²) in [7, 11) is 3.08. The molecule has 1 aromatic heterocycles. The highest BCUT2D eigenvalue weighted by Gasteiger charge is 2.15. The number of hydrogen-bond acceptors (Lipinski definition) is 7. The van der Waals surface area contributed by atoms with Crippen LogP contribution in [0.4, 0.5) is 11.4 Å². The number of carbonyl (C=O) groups excluding carboxylic acids is 3. The van der Waals surface area contributed by atoms with Gasteiger partial charge in [0.1, 0.15) is 17.2 Å². The van der Waals surface area contributed by atoms with Crippen molar-refractivity contribution in [2.24, 2.45) is 0 Å². The maximum atomic E-state index is 13.2. The lowest BCUT2D eigenvalue weighted by molar-refractivity contribution is -0.114. The van der Waals surface area contributed by atoms with Crippen molar-refractivity contribution in [2.45, 2.75) is 4.90 Å². The van der Waals surface area contributed by atoms with E-state index in [1.54, 1.807) is 104 Å². The van der Waals surface area contributed by atoms with Crippen molar-refractivity contribution in [3.63, 3.8) is 0 Å². The zero-order valence-corrected chi connectivity index (χ0v) is 23.2. The van der Waals surface area contributed by atoms with E-state index in [0.717, 1.165) is 4.90 Å². The molecule has 0 radical (unpaired) electrons. The largest absolute Gasteiger partial charge is 0.497 e. The topological polar surface area (TPSA) is 119 Å². The Hall–Kier alpha value is -5.09. The van der Waals surface area contributed by atoms with E-state index in [1.807, 2.05) is 6.07 Å². The number of rotatable bonds is 11. The fourth-order valence-electron chi connectivity index (χ4n) is 3.65. The van der Waals surface area contributed by atoms with Crippen LogP contribution in [-0.4, -0.2) is 42.7 Å². The van der Waals surface area contributed by atoms with Gasteiger partial charge < -0.3 is 25.4 Å². The number of ether oxygens (including phenoxy) is 2. The van der Waals surface area contributed by atoms with Crippen molar-refractivity contribution in [2.75, 3.05) is 30.6 Å². The number of amides is 3. The number of nitrogens with zero attached hydrogens (tertiary/aromatic N) is 1. The molecule has 0 atom stereocenters. The highest BCUT2D eigenvalue weighted by Crippen LogP contribution is 2.29. The molecule has 10 heteroatoms. The van der Waals surface area contributed by atoms with Gasteiger partial charge in [0.25, 0.3) is 11.8 Å². The number of thioether (sulfide) groups is 1. The molecule has 4 rings (SSSR count). The first-order valence-electron chi connectivity index (χ1n) is 12.5. The Morgan fingerprint density at radius 2 is 1.66 bits per heavy atom. The van der Waals surface area contributed by atoms with Crippen molar-refractivity contribution in [1.82, 2.24) is 10.3 Å². The van der Waals surface area contributed by atoms with Gasteiger partial charge in [-0.1, -0.05) is 24.3 Å². The van der Waals surface area contributed by atoms with Gasteiger partial charge in [-0.05, 0) is 66.2 Å². The highest BCUT2D eigenvalue weighted by atomic mass is 32.2. The van der Waals surface area contributed by atoms with Crippen LogP contribution in [0.5, 0.6) is 11.5 Å². The molecule has 0 unspecified atom stereocenters. The van der Waals surface area contributed by atoms with Crippen molar-refractivity contribution in [1.29, 1.82) is 0 Å². The summed E-state index contributed by atoms with van der Waals surface area (Å²) in [6, 6.07) is 24.4. The Bertz CT molecular complexity index is 1530. The molecule has 4 aromatic rings. The molecule has 0 saturated heterocycles. The molecule has 3 aromatic carbocycles. The summed E-state index contributed by atoms with van der Waals surface area (Å²) in [5.74, 6) is 0.178. The van der Waals surface area contributed by atoms with Gasteiger partial charge in [0.05, 0.1) is 25.7 Å². The number of methoxy groups -OCH3 is 2. The fourth-order valence-corrected chi connectivity index (χ4v) is 4.35. The Morgan fingerprint density at radius 1 is 0.878 bits per heavy atom. The predicted octanol–water partition coefficient (Wildman–Crippen LogP) is 5.24. The van der Waals surface area contributed by atoms with Crippen LogP contribution in [0.1, 0.15) is 15.9 Å². The van der Waals surface area contributed by atoms with Gasteiger partial charge in [-0.3, -0.25) is 19.4 Å². The molecule has 0 aliphatic rings. The first kappa shape index (κ1) is 28.9. The monoisotopic (exact) mass is 568 g/mol. The predicted molar refractivity (Wildman–Crippen MR) is 160 cm³/mol. The quantitative estimate of drug-likeness (QED) is 0.167. The standard InChI is InChI=1S/C31H28N4O5S/c1-39-24-12-15-28(40-2)26(18-24)34-29(36)20-41-25-13-10-23(11-14-25)33-31(38)27(17-21-7-6-16-32-19-21)35-30(37)22-8-4-3-5-9-22/h3-19H,20H2,1-2H3,(H,33,38)(H,34,36)(H,35,37)/b27-17-. The number of pyridine rings is 1. The van der Waals surface area contributed by atoms with Crippen LogP contribution >= 0.6 is 11.8 Å². The Morgan fingerprint density at radius 3 is 2.34 bits per heavy atom. The number of nitrogens with one attached hydrogen (secondary N) is 3. The molecule has 0 fully saturated rings. The summed E-state index contributed by atoms with van der Waals surface area (Å²) >= 11 is 1.34. The summed E-state index contributed by atoms with van der Waals surface area (Å²) < 4.78 is 10.5. The molecule has 0 aliphatic carbocycles. The molecular formula is C31H28N4O5S. The average molecular weight is 569 g/mol. The number of carbonyl (C=O) groups is 3. The summed E-state index contributed by atoms with van der Waals surface area (Å²) in [4.78, 5) is 43.4. The van der Waals surface area contributed by atoms with Crippen LogP contribution in [0.2, 0.25) is 0 Å². The Balaban J connectivity index is 1.38. The first-order chi connectivity index (χ1) is 19.9. The second kappa shape index (κ2) is 14.3. The van der Waals surface area contributed by atoms with Crippen molar-refractivity contribution >= 4 is 46.9 Å². The smallest absolute Gasteiger partial charge is 0.272 e. The van der Waals surface area contributed by atoms with Gasteiger partial charge in [-0.15, -0.1) is 11.8 Å². The summed E-state index contributed by atoms with van der Waals surface area (Å²) in [5, 5.41) is 8.35. The molecule has 0 spiro atoms. The van der Waals surface area contributed by atoms with Gasteiger partial charge in [-0.2, -0.15) is 0 Å². The van der Waals surface area contributed by atoms with Crippen LogP contribution in [0, 0.1) is 0 Å². The number of benzene rings is 3. The third-order valence-electron chi connectivity index (χ3n) is 5.69. The summed E-state index contributed by atoms with van der Waals surface area (Å²) in [6.07, 6.45) is 4.77. The lowest BCUT2D eigenvalue weighted by atomic mass is 10.2. The minimum atomic E-state index is -0.495.